The van der Waals surface area contributed by atoms with Crippen LogP contribution in [0.1, 0.15) is 47.1 Å². The Bertz CT molecular complexity index is 2680. The van der Waals surface area contributed by atoms with Crippen molar-refractivity contribution in [2.45, 2.75) is 18.8 Å². The zero-order valence-corrected chi connectivity index (χ0v) is 26.8. The molecule has 0 amide bonds. The summed E-state index contributed by atoms with van der Waals surface area (Å²) in [6, 6.07) is 42.4. The van der Waals surface area contributed by atoms with Crippen LogP contribution < -0.4 is 10.4 Å². The molecule has 232 valence electrons. The van der Waals surface area contributed by atoms with E-state index in [2.05, 4.69) is 121 Å². The fourth-order valence-corrected chi connectivity index (χ4v) is 7.93. The standard InChI is InChI=1S/C45H31N3O/c1-2-12-30(13-3-1)43-46-44(31-24-23-29-22-21-28-11-4-5-14-32(28)39(29)27-31)48-45(47-43)37-26-25-35(33-15-6-7-16-34(33)37)36-18-10-20-41-42(36)38-17-8-9-19-40(38)49-41/h1-24,27,29,39H,25-26H2. The van der Waals surface area contributed by atoms with E-state index in [0.717, 1.165) is 51.9 Å². The minimum atomic E-state index is 0.239. The lowest BCUT2D eigenvalue weighted by Crippen LogP contribution is -2.33. The predicted molar refractivity (Wildman–Crippen MR) is 198 cm³/mol. The minimum absolute atomic E-state index is 0.239. The first-order chi connectivity index (χ1) is 24.3. The van der Waals surface area contributed by atoms with Gasteiger partial charge in [0.05, 0.1) is 0 Å². The Morgan fingerprint density at radius 3 is 2.16 bits per heavy atom. The Balaban J connectivity index is 1.19. The molecule has 0 fully saturated rings. The quantitative estimate of drug-likeness (QED) is 0.195. The largest absolute Gasteiger partial charge is 0.456 e. The second-order valence-electron chi connectivity index (χ2n) is 13.0. The lowest BCUT2D eigenvalue weighted by atomic mass is 9.76. The van der Waals surface area contributed by atoms with Gasteiger partial charge >= 0.3 is 0 Å². The van der Waals surface area contributed by atoms with E-state index in [4.69, 9.17) is 19.4 Å². The zero-order valence-electron chi connectivity index (χ0n) is 26.8. The molecule has 0 saturated heterocycles. The number of aromatic nitrogens is 3. The number of fused-ring (bicyclic) bond motifs is 7. The zero-order chi connectivity index (χ0) is 32.3. The number of benzene rings is 5. The van der Waals surface area contributed by atoms with Gasteiger partial charge in [0, 0.05) is 39.3 Å². The smallest absolute Gasteiger partial charge is 0.164 e. The van der Waals surface area contributed by atoms with Crippen LogP contribution in [-0.2, 0) is 0 Å². The lowest BCUT2D eigenvalue weighted by Gasteiger charge is -2.28. The van der Waals surface area contributed by atoms with Crippen LogP contribution in [0, 0.1) is 5.92 Å². The van der Waals surface area contributed by atoms with Crippen LogP contribution in [0.5, 0.6) is 0 Å². The predicted octanol–water partition coefficient (Wildman–Crippen LogP) is 9.01. The monoisotopic (exact) mass is 629 g/mol. The molecule has 2 aromatic heterocycles. The van der Waals surface area contributed by atoms with Crippen molar-refractivity contribution in [3.05, 3.63) is 184 Å². The van der Waals surface area contributed by atoms with Gasteiger partial charge in [-0.2, -0.15) is 0 Å². The molecule has 2 heterocycles. The molecule has 5 aromatic carbocycles. The number of furan rings is 1. The van der Waals surface area contributed by atoms with Crippen LogP contribution >= 0.6 is 0 Å². The SMILES string of the molecule is C1=CC2C=Cc3ccccc3C2C=C1c1nc(C2=c3ccccc3=C(c3cccc4oc5ccccc5c34)CC2)nc(-c2ccccc2)n1. The second kappa shape index (κ2) is 11.2. The third kappa shape index (κ3) is 4.63. The van der Waals surface area contributed by atoms with Gasteiger partial charge in [-0.3, -0.25) is 0 Å². The molecule has 49 heavy (non-hydrogen) atoms. The van der Waals surface area contributed by atoms with Crippen LogP contribution in [0.4, 0.5) is 0 Å². The van der Waals surface area contributed by atoms with E-state index in [1.54, 1.807) is 0 Å². The van der Waals surface area contributed by atoms with Crippen molar-refractivity contribution in [1.29, 1.82) is 0 Å². The van der Waals surface area contributed by atoms with Crippen molar-refractivity contribution < 1.29 is 4.42 Å². The van der Waals surface area contributed by atoms with Crippen LogP contribution in [-0.4, -0.2) is 15.0 Å². The average Bonchev–Trinajstić information content (AvgIpc) is 3.56. The van der Waals surface area contributed by atoms with Gasteiger partial charge in [-0.05, 0) is 57.7 Å². The van der Waals surface area contributed by atoms with Crippen molar-refractivity contribution in [2.75, 3.05) is 0 Å². The molecular formula is C45H31N3O. The summed E-state index contributed by atoms with van der Waals surface area (Å²) < 4.78 is 6.28. The number of para-hydroxylation sites is 1. The van der Waals surface area contributed by atoms with Gasteiger partial charge in [0.2, 0.25) is 0 Å². The van der Waals surface area contributed by atoms with Gasteiger partial charge in [-0.15, -0.1) is 0 Å². The number of nitrogens with zero attached hydrogens (tertiary/aromatic N) is 3. The maximum Gasteiger partial charge on any atom is 0.164 e. The third-order valence-electron chi connectivity index (χ3n) is 10.3. The summed E-state index contributed by atoms with van der Waals surface area (Å²) in [4.78, 5) is 15.5. The number of allylic oxidation sites excluding steroid dienone is 5. The van der Waals surface area contributed by atoms with E-state index >= 15 is 0 Å². The van der Waals surface area contributed by atoms with E-state index in [-0.39, 0.29) is 5.92 Å². The second-order valence-corrected chi connectivity index (χ2v) is 13.0. The maximum atomic E-state index is 6.28. The van der Waals surface area contributed by atoms with Crippen LogP contribution in [0.25, 0.3) is 56.1 Å². The van der Waals surface area contributed by atoms with Gasteiger partial charge in [-0.1, -0.05) is 140 Å². The molecule has 3 aliphatic carbocycles. The molecule has 4 nitrogen and oxygen atoms in total. The van der Waals surface area contributed by atoms with Crippen molar-refractivity contribution in [2.24, 2.45) is 5.92 Å². The Kier molecular flexibility index (Phi) is 6.41. The highest BCUT2D eigenvalue weighted by atomic mass is 16.3. The molecular weight excluding hydrogens is 599 g/mol. The fraction of sp³-hybridized carbons (Fsp3) is 0.0889. The highest BCUT2D eigenvalue weighted by molar-refractivity contribution is 6.10. The molecule has 10 rings (SSSR count). The van der Waals surface area contributed by atoms with Crippen LogP contribution in [0.15, 0.2) is 150 Å². The molecule has 7 aromatic rings. The highest BCUT2D eigenvalue weighted by Gasteiger charge is 2.27. The number of hydrogen-bond acceptors (Lipinski definition) is 4. The van der Waals surface area contributed by atoms with Gasteiger partial charge in [-0.25, -0.2) is 15.0 Å². The first-order valence-corrected chi connectivity index (χ1v) is 17.0. The average molecular weight is 630 g/mol. The first kappa shape index (κ1) is 27.9. The number of rotatable bonds is 4. The van der Waals surface area contributed by atoms with Crippen molar-refractivity contribution >= 4 is 44.7 Å². The summed E-state index contributed by atoms with van der Waals surface area (Å²) in [6.45, 7) is 0. The van der Waals surface area contributed by atoms with Crippen molar-refractivity contribution in [1.82, 2.24) is 15.0 Å². The lowest BCUT2D eigenvalue weighted by molar-refractivity contribution is 0.669. The Labute approximate surface area is 283 Å². The normalized spacial score (nSPS) is 17.9. The van der Waals surface area contributed by atoms with E-state index in [0.29, 0.717) is 17.6 Å². The van der Waals surface area contributed by atoms with Gasteiger partial charge < -0.3 is 4.42 Å². The highest BCUT2D eigenvalue weighted by Crippen LogP contribution is 2.41. The van der Waals surface area contributed by atoms with E-state index < -0.39 is 0 Å². The van der Waals surface area contributed by atoms with Crippen LogP contribution in [0.2, 0.25) is 0 Å². The first-order valence-electron chi connectivity index (χ1n) is 17.0. The summed E-state index contributed by atoms with van der Waals surface area (Å²) in [7, 11) is 0. The van der Waals surface area contributed by atoms with Gasteiger partial charge in [0.1, 0.15) is 11.2 Å². The summed E-state index contributed by atoms with van der Waals surface area (Å²) in [5.41, 5.74) is 10.2. The van der Waals surface area contributed by atoms with E-state index in [9.17, 15) is 0 Å². The molecule has 4 heteroatoms. The molecule has 0 bridgehead atoms. The third-order valence-corrected chi connectivity index (χ3v) is 10.3. The minimum Gasteiger partial charge on any atom is -0.456 e. The number of hydrogen-bond donors (Lipinski definition) is 0. The van der Waals surface area contributed by atoms with Crippen LogP contribution in [0.3, 0.4) is 0 Å². The van der Waals surface area contributed by atoms with Crippen molar-refractivity contribution in [3.63, 3.8) is 0 Å². The van der Waals surface area contributed by atoms with Gasteiger partial charge in [0.15, 0.2) is 17.5 Å². The Morgan fingerprint density at radius 1 is 0.551 bits per heavy atom. The molecule has 2 atom stereocenters. The molecule has 0 aliphatic heterocycles. The summed E-state index contributed by atoms with van der Waals surface area (Å²) in [5.74, 6) is 2.69. The molecule has 0 spiro atoms. The van der Waals surface area contributed by atoms with E-state index in [1.165, 1.54) is 38.1 Å². The Hall–Kier alpha value is -6.13. The summed E-state index contributed by atoms with van der Waals surface area (Å²) >= 11 is 0. The topological polar surface area (TPSA) is 51.8 Å². The van der Waals surface area contributed by atoms with Gasteiger partial charge in [0.25, 0.3) is 0 Å². The fourth-order valence-electron chi connectivity index (χ4n) is 7.93. The molecule has 3 aliphatic rings. The molecule has 0 radical (unpaired) electrons. The van der Waals surface area contributed by atoms with E-state index in [1.807, 2.05) is 30.3 Å². The molecule has 0 N–H and O–H groups in total. The van der Waals surface area contributed by atoms with Crippen molar-refractivity contribution in [3.8, 4) is 11.4 Å². The Morgan fingerprint density at radius 2 is 1.24 bits per heavy atom. The maximum absolute atomic E-state index is 6.28. The molecule has 2 unspecified atom stereocenters. The summed E-state index contributed by atoms with van der Waals surface area (Å²) in [5, 5.41) is 4.71. The summed E-state index contributed by atoms with van der Waals surface area (Å²) in [6.07, 6.45) is 13.1. The molecule has 0 saturated carbocycles.